The van der Waals surface area contributed by atoms with Crippen molar-refractivity contribution < 1.29 is 4.42 Å². The van der Waals surface area contributed by atoms with Crippen molar-refractivity contribution in [3.8, 4) is 11.3 Å². The molecule has 0 aliphatic heterocycles. The summed E-state index contributed by atoms with van der Waals surface area (Å²) in [5.74, 6) is 0. The Morgan fingerprint density at radius 3 is 1.68 bits per heavy atom. The fraction of sp³-hybridized carbons (Fsp3) is 0.0566. The van der Waals surface area contributed by atoms with Crippen LogP contribution in [0.2, 0.25) is 0 Å². The molecule has 11 aromatic rings. The third-order valence-electron chi connectivity index (χ3n) is 12.2. The molecule has 3 aromatic heterocycles. The van der Waals surface area contributed by atoms with Gasteiger partial charge in [0.05, 0.1) is 22.3 Å². The smallest absolute Gasteiger partial charge is 0.213 e. The van der Waals surface area contributed by atoms with Crippen LogP contribution < -0.4 is 9.80 Å². The van der Waals surface area contributed by atoms with E-state index < -0.39 is 0 Å². The van der Waals surface area contributed by atoms with Crippen LogP contribution in [0.5, 0.6) is 0 Å². The largest absolute Gasteiger partial charge is 0.439 e. The normalized spacial score (nSPS) is 13.2. The highest BCUT2D eigenvalue weighted by Gasteiger charge is 2.43. The first kappa shape index (κ1) is 32.0. The minimum absolute atomic E-state index is 0.236. The Balaban J connectivity index is 1.14. The van der Waals surface area contributed by atoms with E-state index in [4.69, 9.17) is 4.42 Å². The molecule has 1 aliphatic carbocycles. The Kier molecular flexibility index (Phi) is 6.65. The summed E-state index contributed by atoms with van der Waals surface area (Å²) in [5.41, 5.74) is 14.7. The van der Waals surface area contributed by atoms with Crippen LogP contribution in [0.3, 0.4) is 0 Å². The molecule has 3 heterocycles. The number of anilines is 6. The van der Waals surface area contributed by atoms with Crippen LogP contribution in [0.25, 0.3) is 60.4 Å². The second kappa shape index (κ2) is 11.8. The van der Waals surface area contributed by atoms with Gasteiger partial charge in [-0.05, 0) is 107 Å². The fourth-order valence-electron chi connectivity index (χ4n) is 9.78. The molecular formula is C53H37N3O. The maximum Gasteiger partial charge on any atom is 0.213 e. The lowest BCUT2D eigenvalue weighted by atomic mass is 9.81. The van der Waals surface area contributed by atoms with Gasteiger partial charge in [-0.1, -0.05) is 117 Å². The van der Waals surface area contributed by atoms with Crippen molar-refractivity contribution >= 4 is 83.3 Å². The molecule has 0 N–H and O–H groups in total. The Morgan fingerprint density at radius 2 is 1.05 bits per heavy atom. The van der Waals surface area contributed by atoms with Gasteiger partial charge in [0, 0.05) is 55.6 Å². The molecule has 0 unspecified atom stereocenters. The predicted octanol–water partition coefficient (Wildman–Crippen LogP) is 14.8. The molecule has 0 amide bonds. The topological polar surface area (TPSA) is 24.0 Å². The molecule has 0 atom stereocenters. The quantitative estimate of drug-likeness (QED) is 0.170. The zero-order valence-corrected chi connectivity index (χ0v) is 31.6. The molecule has 8 aromatic carbocycles. The second-order valence-electron chi connectivity index (χ2n) is 15.8. The summed E-state index contributed by atoms with van der Waals surface area (Å²) in [5, 5.41) is 7.08. The summed E-state index contributed by atoms with van der Waals surface area (Å²) < 4.78 is 9.58. The first-order valence-electron chi connectivity index (χ1n) is 19.7. The molecule has 4 heteroatoms. The third-order valence-corrected chi connectivity index (χ3v) is 12.2. The summed E-state index contributed by atoms with van der Waals surface area (Å²) in [7, 11) is 0. The Morgan fingerprint density at radius 1 is 0.474 bits per heavy atom. The van der Waals surface area contributed by atoms with Gasteiger partial charge in [0.2, 0.25) is 5.71 Å². The Bertz CT molecular complexity index is 3230. The van der Waals surface area contributed by atoms with Crippen LogP contribution in [0.15, 0.2) is 192 Å². The molecule has 57 heavy (non-hydrogen) atoms. The van der Waals surface area contributed by atoms with Crippen LogP contribution in [-0.4, -0.2) is 4.40 Å². The zero-order valence-electron chi connectivity index (χ0n) is 31.6. The Labute approximate surface area is 330 Å². The molecule has 0 spiro atoms. The fourth-order valence-corrected chi connectivity index (χ4v) is 9.78. The van der Waals surface area contributed by atoms with Gasteiger partial charge >= 0.3 is 0 Å². The highest BCUT2D eigenvalue weighted by atomic mass is 16.3. The number of benzene rings is 8. The van der Waals surface area contributed by atoms with E-state index in [2.05, 4.69) is 216 Å². The lowest BCUT2D eigenvalue weighted by molar-refractivity contribution is 0.649. The minimum atomic E-state index is -0.236. The van der Waals surface area contributed by atoms with Crippen LogP contribution in [-0.2, 0) is 5.41 Å². The van der Waals surface area contributed by atoms with Crippen molar-refractivity contribution in [1.29, 1.82) is 0 Å². The molecule has 12 rings (SSSR count). The van der Waals surface area contributed by atoms with Gasteiger partial charge in [0.25, 0.3) is 0 Å². The number of furan rings is 1. The van der Waals surface area contributed by atoms with Gasteiger partial charge < -0.3 is 14.2 Å². The number of aromatic nitrogens is 1. The maximum atomic E-state index is 7.13. The van der Waals surface area contributed by atoms with Gasteiger partial charge in [0.1, 0.15) is 5.58 Å². The van der Waals surface area contributed by atoms with E-state index in [0.717, 1.165) is 61.6 Å². The number of rotatable bonds is 6. The standard InChI is InChI=1S/C53H37N3O/c1-53(2)44-26-16-15-25-41(44)51-49(53)48-45(55(38-21-11-5-12-22-38)39-23-13-6-14-24-39)30-29-42-47-43-32-34-27-28-40(31-35(34)33-46(43)57-52(47)56(51)50(42)48)54(36-17-7-3-8-18-36)37-19-9-4-10-20-37/h3-33H,1-2H3. The molecule has 270 valence electrons. The van der Waals surface area contributed by atoms with E-state index >= 15 is 0 Å². The number of hydrogen-bond acceptors (Lipinski definition) is 3. The van der Waals surface area contributed by atoms with Gasteiger partial charge in [-0.25, -0.2) is 0 Å². The lowest BCUT2D eigenvalue weighted by Gasteiger charge is -2.28. The SMILES string of the molecule is CC1(C)c2ccccc2-c2c1c1c(N(c3ccccc3)c3ccccc3)ccc3c4c5cc6ccc(N(c7ccccc7)c7ccccc7)cc6cc5oc4n2c13. The van der Waals surface area contributed by atoms with Crippen LogP contribution in [0.1, 0.15) is 25.0 Å². The van der Waals surface area contributed by atoms with Crippen molar-refractivity contribution in [3.63, 3.8) is 0 Å². The van der Waals surface area contributed by atoms with Gasteiger partial charge in [-0.15, -0.1) is 0 Å². The molecule has 0 fully saturated rings. The van der Waals surface area contributed by atoms with Crippen LogP contribution in [0.4, 0.5) is 34.1 Å². The van der Waals surface area contributed by atoms with E-state index in [9.17, 15) is 0 Å². The van der Waals surface area contributed by atoms with Gasteiger partial charge in [-0.2, -0.15) is 0 Å². The molecule has 0 saturated carbocycles. The average Bonchev–Trinajstić information content (AvgIpc) is 3.96. The monoisotopic (exact) mass is 731 g/mol. The number of para-hydroxylation sites is 4. The lowest BCUT2D eigenvalue weighted by Crippen LogP contribution is -2.16. The summed E-state index contributed by atoms with van der Waals surface area (Å²) in [4.78, 5) is 4.73. The van der Waals surface area contributed by atoms with E-state index in [1.165, 1.54) is 44.1 Å². The van der Waals surface area contributed by atoms with Crippen LogP contribution in [0, 0.1) is 0 Å². The Hall–Kier alpha value is -7.30. The average molecular weight is 732 g/mol. The summed E-state index contributed by atoms with van der Waals surface area (Å²) in [6.45, 7) is 4.76. The van der Waals surface area contributed by atoms with Crippen molar-refractivity contribution in [2.24, 2.45) is 0 Å². The van der Waals surface area contributed by atoms with Gasteiger partial charge in [-0.3, -0.25) is 4.40 Å². The van der Waals surface area contributed by atoms with E-state index in [1.54, 1.807) is 0 Å². The molecule has 0 saturated heterocycles. The summed E-state index contributed by atoms with van der Waals surface area (Å²) in [6.07, 6.45) is 0. The first-order chi connectivity index (χ1) is 28.1. The summed E-state index contributed by atoms with van der Waals surface area (Å²) >= 11 is 0. The van der Waals surface area contributed by atoms with Gasteiger partial charge in [0.15, 0.2) is 0 Å². The minimum Gasteiger partial charge on any atom is -0.439 e. The van der Waals surface area contributed by atoms with Crippen LogP contribution >= 0.6 is 0 Å². The highest BCUT2D eigenvalue weighted by molar-refractivity contribution is 6.28. The second-order valence-corrected chi connectivity index (χ2v) is 15.8. The molecule has 4 nitrogen and oxygen atoms in total. The maximum absolute atomic E-state index is 7.13. The summed E-state index contributed by atoms with van der Waals surface area (Å²) in [6, 6.07) is 67.6. The van der Waals surface area contributed by atoms with Crippen molar-refractivity contribution in [2.45, 2.75) is 19.3 Å². The van der Waals surface area contributed by atoms with Crippen molar-refractivity contribution in [1.82, 2.24) is 4.40 Å². The number of fused-ring (bicyclic) bond motifs is 11. The molecular weight excluding hydrogens is 695 g/mol. The van der Waals surface area contributed by atoms with E-state index in [0.29, 0.717) is 0 Å². The predicted molar refractivity (Wildman–Crippen MR) is 238 cm³/mol. The third kappa shape index (κ3) is 4.50. The number of hydrogen-bond donors (Lipinski definition) is 0. The molecule has 0 bridgehead atoms. The van der Waals surface area contributed by atoms with E-state index in [1.807, 2.05) is 0 Å². The number of nitrogens with zero attached hydrogens (tertiary/aromatic N) is 3. The highest BCUT2D eigenvalue weighted by Crippen LogP contribution is 2.58. The van der Waals surface area contributed by atoms with E-state index in [-0.39, 0.29) is 5.41 Å². The molecule has 0 radical (unpaired) electrons. The first-order valence-corrected chi connectivity index (χ1v) is 19.7. The van der Waals surface area contributed by atoms with Crippen molar-refractivity contribution in [3.05, 3.63) is 199 Å². The zero-order chi connectivity index (χ0) is 37.8. The van der Waals surface area contributed by atoms with Crippen molar-refractivity contribution in [2.75, 3.05) is 9.80 Å². The molecule has 1 aliphatic rings.